The number of amides is 1. The van der Waals surface area contributed by atoms with Crippen molar-refractivity contribution in [1.29, 1.82) is 0 Å². The molecule has 2 aliphatic carbocycles. The topological polar surface area (TPSA) is 100 Å². The fraction of sp³-hybridized carbons (Fsp3) is 0.480. The number of thioether (sulfide) groups is 1. The second-order valence-electron chi connectivity index (χ2n) is 9.04. The number of hydrogen-bond acceptors (Lipinski definition) is 7. The van der Waals surface area contributed by atoms with Gasteiger partial charge in [-0.1, -0.05) is 11.8 Å². The molecule has 1 aromatic carbocycles. The van der Waals surface area contributed by atoms with E-state index in [-0.39, 0.29) is 16.7 Å². The van der Waals surface area contributed by atoms with Gasteiger partial charge in [-0.15, -0.1) is 11.8 Å². The largest absolute Gasteiger partial charge is 0.495 e. The maximum absolute atomic E-state index is 13.4. The Balaban J connectivity index is 1.51. The number of carbonyl (C=O) groups is 1. The molecule has 2 saturated carbocycles. The summed E-state index contributed by atoms with van der Waals surface area (Å²) in [6, 6.07) is 3.99. The number of rotatable bonds is 9. The quantitative estimate of drug-likeness (QED) is 0.153. The minimum absolute atomic E-state index is 0.308. The van der Waals surface area contributed by atoms with Gasteiger partial charge >= 0.3 is 0 Å². The Morgan fingerprint density at radius 2 is 2.14 bits per heavy atom. The van der Waals surface area contributed by atoms with E-state index in [4.69, 9.17) is 10.6 Å². The van der Waals surface area contributed by atoms with E-state index in [0.717, 1.165) is 5.69 Å². The van der Waals surface area contributed by atoms with Crippen molar-refractivity contribution in [2.24, 2.45) is 17.2 Å². The molecule has 4 rings (SSSR count). The normalized spacial score (nSPS) is 23.2. The van der Waals surface area contributed by atoms with Crippen molar-refractivity contribution in [3.8, 4) is 11.8 Å². The molecule has 6 N–H and O–H groups in total. The number of methoxy groups -OCH3 is 1. The van der Waals surface area contributed by atoms with Crippen LogP contribution in [0.25, 0.3) is 5.57 Å². The molecule has 4 unspecified atom stereocenters. The summed E-state index contributed by atoms with van der Waals surface area (Å²) in [5.74, 6) is 12.7. The number of hydrazine groups is 1. The number of benzene rings is 1. The average molecular weight is 504 g/mol. The van der Waals surface area contributed by atoms with Gasteiger partial charge in [0.2, 0.25) is 0 Å². The van der Waals surface area contributed by atoms with Gasteiger partial charge in [0.1, 0.15) is 17.2 Å². The predicted octanol–water partition coefficient (Wildman–Crippen LogP) is 3.24. The first-order valence-corrected chi connectivity index (χ1v) is 12.5. The van der Waals surface area contributed by atoms with Crippen molar-refractivity contribution < 1.29 is 18.3 Å². The van der Waals surface area contributed by atoms with Gasteiger partial charge < -0.3 is 20.7 Å². The number of anilines is 1. The minimum Gasteiger partial charge on any atom is -0.495 e. The third kappa shape index (κ3) is 5.74. The van der Waals surface area contributed by atoms with E-state index in [9.17, 15) is 13.6 Å². The lowest BCUT2D eigenvalue weighted by molar-refractivity contribution is 0.0951. The summed E-state index contributed by atoms with van der Waals surface area (Å²) in [5, 5.41) is 7.99. The summed E-state index contributed by atoms with van der Waals surface area (Å²) < 4.78 is 32.3. The Morgan fingerprint density at radius 1 is 1.37 bits per heavy atom. The smallest absolute Gasteiger partial charge is 0.261 e. The summed E-state index contributed by atoms with van der Waals surface area (Å²) in [5.41, 5.74) is 5.19. The van der Waals surface area contributed by atoms with Crippen molar-refractivity contribution in [2.45, 2.75) is 49.4 Å². The minimum atomic E-state index is -2.62. The van der Waals surface area contributed by atoms with E-state index >= 15 is 0 Å². The molecule has 0 radical (unpaired) electrons. The number of ether oxygens (including phenoxy) is 1. The summed E-state index contributed by atoms with van der Waals surface area (Å²) in [6.07, 6.45) is 3.89. The van der Waals surface area contributed by atoms with Crippen LogP contribution in [0.5, 0.6) is 0 Å². The highest BCUT2D eigenvalue weighted by atomic mass is 32.2. The van der Waals surface area contributed by atoms with Gasteiger partial charge in [0.25, 0.3) is 12.3 Å². The van der Waals surface area contributed by atoms with E-state index in [1.54, 1.807) is 25.2 Å². The van der Waals surface area contributed by atoms with Crippen molar-refractivity contribution >= 4 is 28.9 Å². The number of halogens is 2. The van der Waals surface area contributed by atoms with Crippen molar-refractivity contribution in [2.75, 3.05) is 19.5 Å². The molecule has 7 nitrogen and oxygen atoms in total. The van der Waals surface area contributed by atoms with Crippen LogP contribution < -0.4 is 27.2 Å². The van der Waals surface area contributed by atoms with E-state index in [1.807, 2.05) is 6.92 Å². The SMILES string of the molecule is CNc1ccc(C(=O)NC(C)SC(C#CC2CC23CC3)NN)c(C2=CC(C(F)F)NC=C2OC)c1. The van der Waals surface area contributed by atoms with Crippen LogP contribution in [0.15, 0.2) is 36.2 Å². The molecular formula is C25H31F2N5O2S. The molecule has 1 amide bonds. The third-order valence-electron chi connectivity index (χ3n) is 6.65. The number of carbonyl (C=O) groups excluding carboxylic acids is 1. The van der Waals surface area contributed by atoms with E-state index in [1.165, 1.54) is 50.4 Å². The number of allylic oxidation sites excluding steroid dienone is 1. The Labute approximate surface area is 208 Å². The Bertz CT molecular complexity index is 1090. The van der Waals surface area contributed by atoms with Crippen LogP contribution in [0.3, 0.4) is 0 Å². The predicted molar refractivity (Wildman–Crippen MR) is 135 cm³/mol. The van der Waals surface area contributed by atoms with E-state index < -0.39 is 12.5 Å². The molecule has 3 aliphatic rings. The lowest BCUT2D eigenvalue weighted by Gasteiger charge is -2.24. The molecule has 188 valence electrons. The molecule has 35 heavy (non-hydrogen) atoms. The standard InChI is InChI=1S/C25H31F2N5O2S/c1-14(35-22(32-28)7-4-15-12-25(15)8-9-25)31-24(33)17-6-5-16(29-2)10-18(17)19-11-20(23(26)27)30-13-21(19)34-3/h5-6,10-11,13-15,20,22-23,29-30,32H,8-9,12,28H2,1-3H3,(H,31,33). The van der Waals surface area contributed by atoms with E-state index in [2.05, 4.69) is 33.2 Å². The Morgan fingerprint density at radius 3 is 2.74 bits per heavy atom. The molecule has 0 aromatic heterocycles. The van der Waals surface area contributed by atoms with Crippen LogP contribution in [-0.4, -0.2) is 43.3 Å². The number of alkyl halides is 2. The van der Waals surface area contributed by atoms with Gasteiger partial charge in [0.15, 0.2) is 0 Å². The summed E-state index contributed by atoms with van der Waals surface area (Å²) >= 11 is 1.40. The van der Waals surface area contributed by atoms with Gasteiger partial charge in [-0.05, 0) is 61.4 Å². The number of dihydropyridines is 1. The number of nitrogens with two attached hydrogens (primary N) is 1. The molecular weight excluding hydrogens is 472 g/mol. The van der Waals surface area contributed by atoms with Gasteiger partial charge in [0, 0.05) is 36.0 Å². The zero-order valence-corrected chi connectivity index (χ0v) is 20.8. The first-order valence-electron chi connectivity index (χ1n) is 11.6. The molecule has 1 heterocycles. The molecule has 2 fully saturated rings. The highest BCUT2D eigenvalue weighted by Gasteiger charge is 2.62. The second-order valence-corrected chi connectivity index (χ2v) is 10.5. The Hall–Kier alpha value is -2.74. The van der Waals surface area contributed by atoms with E-state index in [0.29, 0.717) is 33.8 Å². The van der Waals surface area contributed by atoms with Gasteiger partial charge in [-0.3, -0.25) is 10.6 Å². The zero-order valence-electron chi connectivity index (χ0n) is 20.0. The van der Waals surface area contributed by atoms with Crippen LogP contribution in [0.4, 0.5) is 14.5 Å². The fourth-order valence-electron chi connectivity index (χ4n) is 4.27. The molecule has 1 spiro atoms. The molecule has 0 saturated heterocycles. The third-order valence-corrected chi connectivity index (χ3v) is 7.70. The monoisotopic (exact) mass is 503 g/mol. The van der Waals surface area contributed by atoms with Gasteiger partial charge in [0.05, 0.1) is 12.5 Å². The van der Waals surface area contributed by atoms with Crippen LogP contribution in [-0.2, 0) is 4.74 Å². The lowest BCUT2D eigenvalue weighted by atomic mass is 9.94. The highest BCUT2D eigenvalue weighted by Crippen LogP contribution is 2.70. The first-order chi connectivity index (χ1) is 16.8. The fourth-order valence-corrected chi connectivity index (χ4v) is 5.07. The van der Waals surface area contributed by atoms with Gasteiger partial charge in [-0.25, -0.2) is 14.2 Å². The summed E-state index contributed by atoms with van der Waals surface area (Å²) in [4.78, 5) is 13.3. The van der Waals surface area contributed by atoms with Crippen molar-refractivity contribution in [1.82, 2.24) is 16.1 Å². The van der Waals surface area contributed by atoms with Crippen molar-refractivity contribution in [3.63, 3.8) is 0 Å². The average Bonchev–Trinajstić information content (AvgIpc) is 3.79. The molecule has 10 heteroatoms. The summed E-state index contributed by atoms with van der Waals surface area (Å²) in [7, 11) is 3.20. The van der Waals surface area contributed by atoms with Crippen LogP contribution in [0, 0.1) is 23.2 Å². The molecule has 1 aliphatic heterocycles. The lowest BCUT2D eigenvalue weighted by Crippen LogP contribution is -2.38. The second kappa shape index (κ2) is 10.5. The summed E-state index contributed by atoms with van der Waals surface area (Å²) in [6.45, 7) is 1.85. The van der Waals surface area contributed by atoms with Crippen molar-refractivity contribution in [3.05, 3.63) is 47.4 Å². The van der Waals surface area contributed by atoms with Gasteiger partial charge in [-0.2, -0.15) is 0 Å². The molecule has 0 bridgehead atoms. The first kappa shape index (κ1) is 25.4. The van der Waals surface area contributed by atoms with Crippen LogP contribution in [0.1, 0.15) is 42.1 Å². The number of hydrogen-bond donors (Lipinski definition) is 5. The zero-order chi connectivity index (χ0) is 25.2. The maximum atomic E-state index is 13.4. The maximum Gasteiger partial charge on any atom is 0.261 e. The highest BCUT2D eigenvalue weighted by molar-refractivity contribution is 8.00. The van der Waals surface area contributed by atoms with Crippen LogP contribution >= 0.6 is 11.8 Å². The van der Waals surface area contributed by atoms with Crippen LogP contribution in [0.2, 0.25) is 0 Å². The Kier molecular flexibility index (Phi) is 7.59. The number of nitrogens with one attached hydrogen (secondary N) is 4. The molecule has 1 aromatic rings. The molecule has 4 atom stereocenters.